The molecule has 0 aliphatic carbocycles. The van der Waals surface area contributed by atoms with Crippen LogP contribution in [0.15, 0.2) is 42.5 Å². The third-order valence-corrected chi connectivity index (χ3v) is 3.08. The quantitative estimate of drug-likeness (QED) is 0.598. The number of rotatable bonds is 6. The van der Waals surface area contributed by atoms with Gasteiger partial charge in [0.15, 0.2) is 0 Å². The van der Waals surface area contributed by atoms with Gasteiger partial charge in [0.05, 0.1) is 0 Å². The van der Waals surface area contributed by atoms with Gasteiger partial charge in [-0.3, -0.25) is 0 Å². The Bertz CT molecular complexity index is 436. The van der Waals surface area contributed by atoms with E-state index in [0.29, 0.717) is 5.92 Å². The lowest BCUT2D eigenvalue weighted by Gasteiger charge is -2.12. The summed E-state index contributed by atoms with van der Waals surface area (Å²) in [5.41, 5.74) is 2.19. The Labute approximate surface area is 117 Å². The summed E-state index contributed by atoms with van der Waals surface area (Å²) in [6, 6.07) is 9.78. The van der Waals surface area contributed by atoms with Crippen molar-refractivity contribution in [2.24, 2.45) is 5.92 Å². The van der Waals surface area contributed by atoms with Crippen LogP contribution in [0.3, 0.4) is 0 Å². The van der Waals surface area contributed by atoms with Crippen LogP contribution < -0.4 is 0 Å². The second kappa shape index (κ2) is 8.56. The number of aliphatic hydroxyl groups excluding tert-OH is 1. The average molecular weight is 256 g/mol. The van der Waals surface area contributed by atoms with Crippen molar-refractivity contribution in [1.29, 1.82) is 0 Å². The average Bonchev–Trinajstić information content (AvgIpc) is 2.37. The summed E-state index contributed by atoms with van der Waals surface area (Å²) in [7, 11) is 0. The van der Waals surface area contributed by atoms with Crippen molar-refractivity contribution in [3.8, 4) is 11.8 Å². The van der Waals surface area contributed by atoms with Gasteiger partial charge in [-0.15, -0.1) is 6.58 Å². The molecule has 0 aromatic heterocycles. The maximum atomic E-state index is 9.90. The van der Waals surface area contributed by atoms with E-state index in [0.717, 1.165) is 31.2 Å². The SMILES string of the molecule is C=C(C)CCC[C@H](C)C[C@@H](O)C#Cc1ccccc1. The van der Waals surface area contributed by atoms with Gasteiger partial charge in [-0.05, 0) is 44.2 Å². The Balaban J connectivity index is 2.33. The molecular formula is C18H24O. The number of aliphatic hydroxyl groups is 1. The fourth-order valence-electron chi connectivity index (χ4n) is 2.00. The van der Waals surface area contributed by atoms with Gasteiger partial charge in [0.25, 0.3) is 0 Å². The van der Waals surface area contributed by atoms with E-state index in [1.54, 1.807) is 0 Å². The zero-order valence-corrected chi connectivity index (χ0v) is 12.0. The van der Waals surface area contributed by atoms with Gasteiger partial charge in [0.1, 0.15) is 6.10 Å². The van der Waals surface area contributed by atoms with Crippen LogP contribution in [0, 0.1) is 17.8 Å². The van der Waals surface area contributed by atoms with Gasteiger partial charge in [0.2, 0.25) is 0 Å². The summed E-state index contributed by atoms with van der Waals surface area (Å²) in [5.74, 6) is 6.43. The molecule has 0 saturated carbocycles. The monoisotopic (exact) mass is 256 g/mol. The lowest BCUT2D eigenvalue weighted by molar-refractivity contribution is 0.196. The topological polar surface area (TPSA) is 20.2 Å². The first-order chi connectivity index (χ1) is 9.08. The van der Waals surface area contributed by atoms with Gasteiger partial charge >= 0.3 is 0 Å². The molecule has 1 nitrogen and oxygen atoms in total. The highest BCUT2D eigenvalue weighted by Gasteiger charge is 2.07. The fraction of sp³-hybridized carbons (Fsp3) is 0.444. The zero-order valence-electron chi connectivity index (χ0n) is 12.0. The van der Waals surface area contributed by atoms with E-state index in [1.165, 1.54) is 5.57 Å². The van der Waals surface area contributed by atoms with Gasteiger partial charge in [-0.25, -0.2) is 0 Å². The smallest absolute Gasteiger partial charge is 0.115 e. The highest BCUT2D eigenvalue weighted by Crippen LogP contribution is 2.15. The molecule has 1 N–H and O–H groups in total. The Morgan fingerprint density at radius 2 is 2.00 bits per heavy atom. The second-order valence-electron chi connectivity index (χ2n) is 5.34. The third kappa shape index (κ3) is 7.49. The number of hydrogen-bond acceptors (Lipinski definition) is 1. The van der Waals surface area contributed by atoms with Crippen molar-refractivity contribution in [1.82, 2.24) is 0 Å². The maximum Gasteiger partial charge on any atom is 0.115 e. The molecule has 1 heteroatoms. The van der Waals surface area contributed by atoms with E-state index in [1.807, 2.05) is 30.3 Å². The van der Waals surface area contributed by atoms with E-state index >= 15 is 0 Å². The second-order valence-corrected chi connectivity index (χ2v) is 5.34. The summed E-state index contributed by atoms with van der Waals surface area (Å²) >= 11 is 0. The van der Waals surface area contributed by atoms with Crippen LogP contribution in [0.4, 0.5) is 0 Å². The molecule has 0 aliphatic rings. The van der Waals surface area contributed by atoms with Crippen LogP contribution in [0.25, 0.3) is 0 Å². The molecule has 0 saturated heterocycles. The third-order valence-electron chi connectivity index (χ3n) is 3.08. The molecule has 0 unspecified atom stereocenters. The molecule has 0 aliphatic heterocycles. The Kier molecular flexibility index (Phi) is 7.00. The van der Waals surface area contributed by atoms with Crippen molar-refractivity contribution in [2.75, 3.05) is 0 Å². The lowest BCUT2D eigenvalue weighted by Crippen LogP contribution is -2.09. The number of allylic oxidation sites excluding steroid dienone is 1. The standard InChI is InChI=1S/C18H24O/c1-15(2)8-7-9-16(3)14-18(19)13-12-17-10-5-4-6-11-17/h4-6,10-11,16,18-19H,1,7-9,14H2,2-3H3/t16-,18-/m0/s1. The summed E-state index contributed by atoms with van der Waals surface area (Å²) in [4.78, 5) is 0. The van der Waals surface area contributed by atoms with Crippen LogP contribution >= 0.6 is 0 Å². The minimum absolute atomic E-state index is 0.499. The summed E-state index contributed by atoms with van der Waals surface area (Å²) < 4.78 is 0. The Hall–Kier alpha value is -1.52. The van der Waals surface area contributed by atoms with E-state index in [4.69, 9.17) is 0 Å². The molecule has 0 spiro atoms. The van der Waals surface area contributed by atoms with Gasteiger partial charge in [-0.2, -0.15) is 0 Å². The van der Waals surface area contributed by atoms with Gasteiger partial charge in [-0.1, -0.05) is 49.0 Å². The molecule has 1 rings (SSSR count). The van der Waals surface area contributed by atoms with E-state index < -0.39 is 6.10 Å². The molecule has 102 valence electrons. The van der Waals surface area contributed by atoms with Crippen LogP contribution in [0.2, 0.25) is 0 Å². The van der Waals surface area contributed by atoms with Crippen molar-refractivity contribution in [2.45, 2.75) is 45.6 Å². The number of benzene rings is 1. The molecule has 2 atom stereocenters. The van der Waals surface area contributed by atoms with Crippen molar-refractivity contribution >= 4 is 0 Å². The first kappa shape index (κ1) is 15.5. The van der Waals surface area contributed by atoms with Crippen LogP contribution in [-0.4, -0.2) is 11.2 Å². The van der Waals surface area contributed by atoms with Crippen molar-refractivity contribution < 1.29 is 5.11 Å². The Morgan fingerprint density at radius 3 is 2.63 bits per heavy atom. The van der Waals surface area contributed by atoms with Gasteiger partial charge < -0.3 is 5.11 Å². The molecule has 0 amide bonds. The van der Waals surface area contributed by atoms with E-state index in [-0.39, 0.29) is 0 Å². The molecular weight excluding hydrogens is 232 g/mol. The van der Waals surface area contributed by atoms with E-state index in [2.05, 4.69) is 32.3 Å². The molecule has 0 radical (unpaired) electrons. The summed E-state index contributed by atoms with van der Waals surface area (Å²) in [6.45, 7) is 8.14. The predicted octanol–water partition coefficient (Wildman–Crippen LogP) is 4.17. The van der Waals surface area contributed by atoms with Crippen LogP contribution in [-0.2, 0) is 0 Å². The molecule has 1 aromatic carbocycles. The summed E-state index contributed by atoms with van der Waals surface area (Å²) in [6.07, 6.45) is 3.57. The van der Waals surface area contributed by atoms with Crippen LogP contribution in [0.5, 0.6) is 0 Å². The van der Waals surface area contributed by atoms with Crippen molar-refractivity contribution in [3.05, 3.63) is 48.0 Å². The lowest BCUT2D eigenvalue weighted by atomic mass is 9.96. The van der Waals surface area contributed by atoms with Crippen LogP contribution in [0.1, 0.15) is 45.1 Å². The largest absolute Gasteiger partial charge is 0.380 e. The number of hydrogen-bond donors (Lipinski definition) is 1. The minimum atomic E-state index is -0.528. The van der Waals surface area contributed by atoms with Gasteiger partial charge in [0, 0.05) is 5.56 Å². The highest BCUT2D eigenvalue weighted by atomic mass is 16.3. The molecule has 1 aromatic rings. The molecule has 0 bridgehead atoms. The first-order valence-electron chi connectivity index (χ1n) is 6.97. The Morgan fingerprint density at radius 1 is 1.32 bits per heavy atom. The maximum absolute atomic E-state index is 9.90. The molecule has 19 heavy (non-hydrogen) atoms. The molecule has 0 heterocycles. The highest BCUT2D eigenvalue weighted by molar-refractivity contribution is 5.34. The van der Waals surface area contributed by atoms with E-state index in [9.17, 15) is 5.11 Å². The molecule has 0 fully saturated rings. The van der Waals surface area contributed by atoms with Crippen molar-refractivity contribution in [3.63, 3.8) is 0 Å². The normalized spacial score (nSPS) is 13.2. The zero-order chi connectivity index (χ0) is 14.1. The predicted molar refractivity (Wildman–Crippen MR) is 81.8 cm³/mol. The fourth-order valence-corrected chi connectivity index (χ4v) is 2.00. The summed E-state index contributed by atoms with van der Waals surface area (Å²) in [5, 5.41) is 9.90. The minimum Gasteiger partial charge on any atom is -0.380 e. The first-order valence-corrected chi connectivity index (χ1v) is 6.97.